The number of rotatable bonds is 6. The van der Waals surface area contributed by atoms with Gasteiger partial charge in [0.05, 0.1) is 6.04 Å². The highest BCUT2D eigenvalue weighted by molar-refractivity contribution is 6.00. The van der Waals surface area contributed by atoms with Gasteiger partial charge in [0.2, 0.25) is 5.78 Å². The van der Waals surface area contributed by atoms with Crippen LogP contribution in [0.4, 0.5) is 0 Å². The molecule has 1 heterocycles. The molecule has 2 rings (SSSR count). The summed E-state index contributed by atoms with van der Waals surface area (Å²) in [5.41, 5.74) is 7.73. The number of methoxy groups -OCH3 is 1. The van der Waals surface area contributed by atoms with Gasteiger partial charge in [-0.05, 0) is 38.0 Å². The molecule has 0 saturated heterocycles. The lowest BCUT2D eigenvalue weighted by Crippen LogP contribution is -2.30. The molecule has 1 unspecified atom stereocenters. The number of ether oxygens (including phenoxy) is 1. The van der Waals surface area contributed by atoms with Crippen LogP contribution in [0.1, 0.15) is 29.0 Å². The molecule has 102 valence electrons. The Hall–Kier alpha value is -1.65. The van der Waals surface area contributed by atoms with Gasteiger partial charge in [-0.2, -0.15) is 0 Å². The van der Waals surface area contributed by atoms with Crippen LogP contribution in [0.15, 0.2) is 28.7 Å². The van der Waals surface area contributed by atoms with Gasteiger partial charge in [-0.3, -0.25) is 4.79 Å². The highest BCUT2D eigenvalue weighted by atomic mass is 16.5. The molecule has 4 heteroatoms. The van der Waals surface area contributed by atoms with Crippen LogP contribution in [0.25, 0.3) is 11.0 Å². The Balaban J connectivity index is 2.12. The van der Waals surface area contributed by atoms with E-state index in [0.29, 0.717) is 18.8 Å². The van der Waals surface area contributed by atoms with Gasteiger partial charge < -0.3 is 14.9 Å². The minimum absolute atomic E-state index is 0.148. The van der Waals surface area contributed by atoms with Crippen molar-refractivity contribution in [2.45, 2.75) is 25.8 Å². The number of ketones is 1. The summed E-state index contributed by atoms with van der Waals surface area (Å²) in [6.07, 6.45) is 1.37. The molecule has 1 atom stereocenters. The van der Waals surface area contributed by atoms with Crippen molar-refractivity contribution in [2.24, 2.45) is 5.73 Å². The molecule has 1 aromatic carbocycles. The molecular formula is C15H19NO3. The van der Waals surface area contributed by atoms with Crippen molar-refractivity contribution >= 4 is 16.8 Å². The standard InChI is InChI=1S/C15H19NO3/c1-10-5-6-13-11(8-10)9-14(19-13)15(17)12(16)4-3-7-18-2/h5-6,8-9,12H,3-4,7,16H2,1-2H3. The molecule has 19 heavy (non-hydrogen) atoms. The molecule has 0 bridgehead atoms. The van der Waals surface area contributed by atoms with Crippen molar-refractivity contribution < 1.29 is 13.9 Å². The molecule has 0 amide bonds. The van der Waals surface area contributed by atoms with Gasteiger partial charge in [-0.25, -0.2) is 0 Å². The second-order valence-corrected chi connectivity index (χ2v) is 4.76. The Labute approximate surface area is 112 Å². The summed E-state index contributed by atoms with van der Waals surface area (Å²) in [4.78, 5) is 12.1. The fourth-order valence-corrected chi connectivity index (χ4v) is 2.05. The largest absolute Gasteiger partial charge is 0.453 e. The quantitative estimate of drug-likeness (QED) is 0.641. The SMILES string of the molecule is COCCCC(N)C(=O)c1cc2cc(C)ccc2o1. The molecule has 0 fully saturated rings. The summed E-state index contributed by atoms with van der Waals surface area (Å²) in [7, 11) is 1.63. The maximum Gasteiger partial charge on any atom is 0.214 e. The Morgan fingerprint density at radius 2 is 2.21 bits per heavy atom. The van der Waals surface area contributed by atoms with Crippen LogP contribution in [0.3, 0.4) is 0 Å². The lowest BCUT2D eigenvalue weighted by atomic mass is 10.1. The molecule has 0 radical (unpaired) electrons. The molecule has 4 nitrogen and oxygen atoms in total. The lowest BCUT2D eigenvalue weighted by Gasteiger charge is -2.07. The van der Waals surface area contributed by atoms with Gasteiger partial charge in [0.25, 0.3) is 0 Å². The predicted octanol–water partition coefficient (Wildman–Crippen LogP) is 2.68. The first kappa shape index (κ1) is 13.8. The number of aryl methyl sites for hydroxylation is 1. The minimum atomic E-state index is -0.531. The van der Waals surface area contributed by atoms with Crippen molar-refractivity contribution in [1.29, 1.82) is 0 Å². The van der Waals surface area contributed by atoms with Crippen LogP contribution in [0.5, 0.6) is 0 Å². The number of nitrogens with two attached hydrogens (primary N) is 1. The molecule has 2 aromatic rings. The van der Waals surface area contributed by atoms with Crippen molar-refractivity contribution in [3.8, 4) is 0 Å². The number of fused-ring (bicyclic) bond motifs is 1. The average Bonchev–Trinajstić information content (AvgIpc) is 2.80. The van der Waals surface area contributed by atoms with Gasteiger partial charge >= 0.3 is 0 Å². The fraction of sp³-hybridized carbons (Fsp3) is 0.400. The van der Waals surface area contributed by atoms with Crippen molar-refractivity contribution in [3.63, 3.8) is 0 Å². The maximum atomic E-state index is 12.1. The second kappa shape index (κ2) is 5.99. The Morgan fingerprint density at radius 3 is 2.95 bits per heavy atom. The number of benzene rings is 1. The summed E-state index contributed by atoms with van der Waals surface area (Å²) in [5, 5.41) is 0.937. The topological polar surface area (TPSA) is 65.5 Å². The summed E-state index contributed by atoms with van der Waals surface area (Å²) >= 11 is 0. The van der Waals surface area contributed by atoms with Crippen LogP contribution in [0.2, 0.25) is 0 Å². The number of Topliss-reactive ketones (excluding diaryl/α,β-unsaturated/α-hetero) is 1. The van der Waals surface area contributed by atoms with Crippen molar-refractivity contribution in [3.05, 3.63) is 35.6 Å². The van der Waals surface area contributed by atoms with E-state index in [4.69, 9.17) is 14.9 Å². The van der Waals surface area contributed by atoms with Crippen LogP contribution in [-0.4, -0.2) is 25.5 Å². The molecule has 0 saturated carbocycles. The van der Waals surface area contributed by atoms with Crippen LogP contribution in [0, 0.1) is 6.92 Å². The number of hydrogen-bond donors (Lipinski definition) is 1. The third-order valence-electron chi connectivity index (χ3n) is 3.12. The summed E-state index contributed by atoms with van der Waals surface area (Å²) in [6.45, 7) is 2.62. The highest BCUT2D eigenvalue weighted by Crippen LogP contribution is 2.21. The van der Waals surface area contributed by atoms with E-state index < -0.39 is 6.04 Å². The van der Waals surface area contributed by atoms with Gasteiger partial charge in [0, 0.05) is 19.1 Å². The Morgan fingerprint density at radius 1 is 1.42 bits per heavy atom. The number of carbonyl (C=O) groups is 1. The monoisotopic (exact) mass is 261 g/mol. The average molecular weight is 261 g/mol. The summed E-state index contributed by atoms with van der Waals surface area (Å²) in [5.74, 6) is 0.190. The third kappa shape index (κ3) is 3.22. The molecule has 0 aliphatic heterocycles. The van der Waals surface area contributed by atoms with E-state index in [0.717, 1.165) is 23.0 Å². The zero-order chi connectivity index (χ0) is 13.8. The van der Waals surface area contributed by atoms with E-state index in [2.05, 4.69) is 0 Å². The third-order valence-corrected chi connectivity index (χ3v) is 3.12. The zero-order valence-electron chi connectivity index (χ0n) is 11.3. The van der Waals surface area contributed by atoms with E-state index in [9.17, 15) is 4.79 Å². The van der Waals surface area contributed by atoms with Gasteiger partial charge in [0.1, 0.15) is 5.58 Å². The van der Waals surface area contributed by atoms with Crippen LogP contribution in [-0.2, 0) is 4.74 Å². The van der Waals surface area contributed by atoms with Gasteiger partial charge in [0.15, 0.2) is 5.76 Å². The van der Waals surface area contributed by atoms with E-state index in [1.807, 2.05) is 25.1 Å². The van der Waals surface area contributed by atoms with E-state index in [1.165, 1.54) is 0 Å². The van der Waals surface area contributed by atoms with Crippen LogP contribution >= 0.6 is 0 Å². The molecule has 0 spiro atoms. The first-order chi connectivity index (χ1) is 9.11. The summed E-state index contributed by atoms with van der Waals surface area (Å²) in [6, 6.07) is 7.06. The fourth-order valence-electron chi connectivity index (χ4n) is 2.05. The molecule has 0 aliphatic rings. The first-order valence-electron chi connectivity index (χ1n) is 6.40. The summed E-state index contributed by atoms with van der Waals surface area (Å²) < 4.78 is 10.5. The van der Waals surface area contributed by atoms with E-state index in [1.54, 1.807) is 13.2 Å². The number of carbonyl (C=O) groups excluding carboxylic acids is 1. The van der Waals surface area contributed by atoms with Gasteiger partial charge in [-0.15, -0.1) is 0 Å². The highest BCUT2D eigenvalue weighted by Gasteiger charge is 2.19. The normalized spacial score (nSPS) is 12.8. The maximum absolute atomic E-state index is 12.1. The number of furan rings is 1. The zero-order valence-corrected chi connectivity index (χ0v) is 11.3. The second-order valence-electron chi connectivity index (χ2n) is 4.76. The van der Waals surface area contributed by atoms with Crippen molar-refractivity contribution in [2.75, 3.05) is 13.7 Å². The number of hydrogen-bond acceptors (Lipinski definition) is 4. The van der Waals surface area contributed by atoms with Gasteiger partial charge in [-0.1, -0.05) is 11.6 Å². The smallest absolute Gasteiger partial charge is 0.214 e. The molecule has 1 aromatic heterocycles. The Bertz CT molecular complexity index is 574. The van der Waals surface area contributed by atoms with Crippen LogP contribution < -0.4 is 5.73 Å². The van der Waals surface area contributed by atoms with E-state index >= 15 is 0 Å². The van der Waals surface area contributed by atoms with E-state index in [-0.39, 0.29) is 5.78 Å². The first-order valence-corrected chi connectivity index (χ1v) is 6.40. The lowest BCUT2D eigenvalue weighted by molar-refractivity contribution is 0.0925. The Kier molecular flexibility index (Phi) is 4.35. The molecular weight excluding hydrogens is 242 g/mol. The molecule has 0 aliphatic carbocycles. The predicted molar refractivity (Wildman–Crippen MR) is 74.4 cm³/mol. The van der Waals surface area contributed by atoms with Crippen molar-refractivity contribution in [1.82, 2.24) is 0 Å². The molecule has 2 N–H and O–H groups in total. The minimum Gasteiger partial charge on any atom is -0.453 e.